The first kappa shape index (κ1) is 19.8. The van der Waals surface area contributed by atoms with Gasteiger partial charge in [0.15, 0.2) is 16.4 Å². The van der Waals surface area contributed by atoms with E-state index >= 15 is 0 Å². The van der Waals surface area contributed by atoms with Crippen LogP contribution in [0.4, 0.5) is 5.69 Å². The third-order valence-electron chi connectivity index (χ3n) is 4.70. The van der Waals surface area contributed by atoms with Crippen molar-refractivity contribution in [2.24, 2.45) is 0 Å². The number of hydrogen-bond donors (Lipinski definition) is 1. The van der Waals surface area contributed by atoms with Crippen molar-refractivity contribution < 1.29 is 27.5 Å². The second-order valence-corrected chi connectivity index (χ2v) is 9.38. The smallest absolute Gasteiger partial charge is 0.342 e. The highest BCUT2D eigenvalue weighted by atomic mass is 35.5. The summed E-state index contributed by atoms with van der Waals surface area (Å²) in [6.45, 7) is -0.475. The lowest BCUT2D eigenvalue weighted by atomic mass is 10.2. The van der Waals surface area contributed by atoms with E-state index in [4.69, 9.17) is 26.8 Å². The highest BCUT2D eigenvalue weighted by molar-refractivity contribution is 7.91. The van der Waals surface area contributed by atoms with Crippen molar-refractivity contribution in [3.63, 3.8) is 0 Å². The van der Waals surface area contributed by atoms with Crippen molar-refractivity contribution in [3.05, 3.63) is 22.7 Å². The van der Waals surface area contributed by atoms with Gasteiger partial charge in [-0.25, -0.2) is 13.2 Å². The number of methoxy groups -OCH3 is 1. The zero-order valence-corrected chi connectivity index (χ0v) is 16.4. The molecule has 1 atom stereocenters. The Bertz CT molecular complexity index is 868. The number of nitrogen functional groups attached to an aromatic ring is 1. The molecule has 1 aliphatic carbocycles. The first-order chi connectivity index (χ1) is 12.7. The minimum Gasteiger partial charge on any atom is -0.496 e. The molecule has 0 bridgehead atoms. The van der Waals surface area contributed by atoms with E-state index in [2.05, 4.69) is 0 Å². The van der Waals surface area contributed by atoms with E-state index in [9.17, 15) is 18.0 Å². The van der Waals surface area contributed by atoms with E-state index in [0.717, 1.165) is 12.8 Å². The lowest BCUT2D eigenvalue weighted by molar-refractivity contribution is -0.137. The monoisotopic (exact) mass is 416 g/mol. The van der Waals surface area contributed by atoms with Crippen molar-refractivity contribution in [2.75, 3.05) is 31.0 Å². The van der Waals surface area contributed by atoms with E-state index in [1.807, 2.05) is 0 Å². The Labute approximate surface area is 162 Å². The summed E-state index contributed by atoms with van der Waals surface area (Å²) in [4.78, 5) is 26.5. The fourth-order valence-corrected chi connectivity index (χ4v) is 5.11. The number of anilines is 1. The molecule has 1 aromatic carbocycles. The van der Waals surface area contributed by atoms with Gasteiger partial charge in [0.1, 0.15) is 11.3 Å². The summed E-state index contributed by atoms with van der Waals surface area (Å²) in [5, 5.41) is 0.171. The first-order valence-corrected chi connectivity index (χ1v) is 10.7. The van der Waals surface area contributed by atoms with Gasteiger partial charge in [-0.2, -0.15) is 0 Å². The van der Waals surface area contributed by atoms with Crippen molar-refractivity contribution in [1.29, 1.82) is 0 Å². The maximum Gasteiger partial charge on any atom is 0.342 e. The fraction of sp³-hybridized carbons (Fsp3) is 0.529. The Morgan fingerprint density at radius 2 is 1.96 bits per heavy atom. The maximum atomic E-state index is 12.6. The van der Waals surface area contributed by atoms with Gasteiger partial charge in [0.05, 0.1) is 29.3 Å². The van der Waals surface area contributed by atoms with Gasteiger partial charge < -0.3 is 20.1 Å². The molecule has 1 aromatic rings. The number of ether oxygens (including phenoxy) is 2. The molecule has 2 aliphatic rings. The molecular weight excluding hydrogens is 396 g/mol. The molecule has 0 spiro atoms. The number of amides is 1. The van der Waals surface area contributed by atoms with Crippen LogP contribution in [0.1, 0.15) is 29.6 Å². The van der Waals surface area contributed by atoms with Crippen LogP contribution >= 0.6 is 11.6 Å². The molecule has 2 N–H and O–H groups in total. The molecule has 0 radical (unpaired) electrons. The molecule has 8 nitrogen and oxygen atoms in total. The van der Waals surface area contributed by atoms with Crippen LogP contribution in [0.3, 0.4) is 0 Å². The van der Waals surface area contributed by atoms with Crippen LogP contribution in [0.15, 0.2) is 12.1 Å². The van der Waals surface area contributed by atoms with E-state index < -0.39 is 28.3 Å². The minimum atomic E-state index is -3.12. The number of esters is 1. The number of benzene rings is 1. The molecule has 1 amide bonds. The largest absolute Gasteiger partial charge is 0.496 e. The molecule has 148 valence electrons. The summed E-state index contributed by atoms with van der Waals surface area (Å²) >= 11 is 5.94. The first-order valence-electron chi connectivity index (χ1n) is 8.53. The molecular formula is C17H21ClN2O6S. The number of carbonyl (C=O) groups is 2. The van der Waals surface area contributed by atoms with Gasteiger partial charge in [-0.1, -0.05) is 11.6 Å². The van der Waals surface area contributed by atoms with Crippen LogP contribution in [-0.4, -0.2) is 62.5 Å². The predicted molar refractivity (Wildman–Crippen MR) is 99.6 cm³/mol. The zero-order valence-electron chi connectivity index (χ0n) is 14.8. The topological polar surface area (TPSA) is 116 Å². The zero-order chi connectivity index (χ0) is 19.8. The number of carbonyl (C=O) groups excluding carboxylic acids is 2. The molecule has 0 aromatic heterocycles. The van der Waals surface area contributed by atoms with Gasteiger partial charge in [0.25, 0.3) is 5.91 Å². The highest BCUT2D eigenvalue weighted by Crippen LogP contribution is 2.33. The normalized spacial score (nSPS) is 20.9. The minimum absolute atomic E-state index is 0.0232. The van der Waals surface area contributed by atoms with Crippen molar-refractivity contribution in [2.45, 2.75) is 31.3 Å². The molecule has 27 heavy (non-hydrogen) atoms. The van der Waals surface area contributed by atoms with Crippen LogP contribution in [0, 0.1) is 0 Å². The number of hydrogen-bond acceptors (Lipinski definition) is 7. The molecule has 1 saturated heterocycles. The third kappa shape index (κ3) is 4.47. The van der Waals surface area contributed by atoms with E-state index in [-0.39, 0.29) is 45.6 Å². The standard InChI is InChI=1S/C17H21ClN2O6S/c1-25-15-7-14(19)13(18)6-12(15)17(22)26-8-16(21)20(10-2-3-10)11-4-5-27(23,24)9-11/h6-7,10-11H,2-5,8-9,19H2,1H3/t11-/m0/s1. The molecule has 1 heterocycles. The lowest BCUT2D eigenvalue weighted by Crippen LogP contribution is -2.44. The van der Waals surface area contributed by atoms with Crippen molar-refractivity contribution >= 4 is 39.0 Å². The van der Waals surface area contributed by atoms with Crippen molar-refractivity contribution in [3.8, 4) is 5.75 Å². The summed E-state index contributed by atoms with van der Waals surface area (Å²) in [6, 6.07) is 2.40. The molecule has 3 rings (SSSR count). The Morgan fingerprint density at radius 3 is 2.52 bits per heavy atom. The van der Waals surface area contributed by atoms with Crippen LogP contribution in [-0.2, 0) is 19.4 Å². The number of nitrogens with two attached hydrogens (primary N) is 1. The van der Waals surface area contributed by atoms with Crippen molar-refractivity contribution in [1.82, 2.24) is 4.90 Å². The Morgan fingerprint density at radius 1 is 1.26 bits per heavy atom. The van der Waals surface area contributed by atoms with Gasteiger partial charge >= 0.3 is 5.97 Å². The summed E-state index contributed by atoms with van der Waals surface area (Å²) in [7, 11) is -1.74. The lowest BCUT2D eigenvalue weighted by Gasteiger charge is -2.28. The van der Waals surface area contributed by atoms with Gasteiger partial charge in [-0.3, -0.25) is 4.79 Å². The van der Waals surface area contributed by atoms with Crippen LogP contribution in [0.2, 0.25) is 5.02 Å². The van der Waals surface area contributed by atoms with E-state index in [1.165, 1.54) is 19.2 Å². The fourth-order valence-electron chi connectivity index (χ4n) is 3.23. The Hall–Kier alpha value is -2.00. The average molecular weight is 417 g/mol. The van der Waals surface area contributed by atoms with Gasteiger partial charge in [-0.05, 0) is 25.3 Å². The van der Waals surface area contributed by atoms with Gasteiger partial charge in [-0.15, -0.1) is 0 Å². The maximum absolute atomic E-state index is 12.6. The molecule has 2 fully saturated rings. The summed E-state index contributed by atoms with van der Waals surface area (Å²) in [6.07, 6.45) is 2.08. The second kappa shape index (κ2) is 7.55. The number of halogens is 1. The van der Waals surface area contributed by atoms with Gasteiger partial charge in [0, 0.05) is 18.2 Å². The molecule has 1 saturated carbocycles. The molecule has 1 aliphatic heterocycles. The highest BCUT2D eigenvalue weighted by Gasteiger charge is 2.42. The summed E-state index contributed by atoms with van der Waals surface area (Å²) < 4.78 is 33.7. The SMILES string of the molecule is COc1cc(N)c(Cl)cc1C(=O)OCC(=O)N(C1CC1)[C@H]1CCS(=O)(=O)C1. The summed E-state index contributed by atoms with van der Waals surface area (Å²) in [5.74, 6) is -0.930. The Balaban J connectivity index is 1.67. The van der Waals surface area contributed by atoms with Gasteiger partial charge in [0.2, 0.25) is 0 Å². The number of sulfone groups is 1. The van der Waals surface area contributed by atoms with Crippen LogP contribution in [0.25, 0.3) is 0 Å². The second-order valence-electron chi connectivity index (χ2n) is 6.74. The summed E-state index contributed by atoms with van der Waals surface area (Å²) in [5.41, 5.74) is 6.00. The quantitative estimate of drug-likeness (QED) is 0.548. The predicted octanol–water partition coefficient (Wildman–Crippen LogP) is 1.27. The molecule has 10 heteroatoms. The average Bonchev–Trinajstić information content (AvgIpc) is 3.38. The number of nitrogens with zero attached hydrogens (tertiary/aromatic N) is 1. The van der Waals surface area contributed by atoms with E-state index in [0.29, 0.717) is 6.42 Å². The number of rotatable bonds is 6. The van der Waals surface area contributed by atoms with E-state index in [1.54, 1.807) is 4.90 Å². The van der Waals surface area contributed by atoms with Crippen LogP contribution in [0.5, 0.6) is 5.75 Å². The Kier molecular flexibility index (Phi) is 5.53. The molecule has 0 unspecified atom stereocenters. The van der Waals surface area contributed by atoms with Crippen LogP contribution < -0.4 is 10.5 Å². The third-order valence-corrected chi connectivity index (χ3v) is 6.77.